The van der Waals surface area contributed by atoms with Crippen LogP contribution in [0.4, 0.5) is 11.4 Å². The van der Waals surface area contributed by atoms with Crippen molar-refractivity contribution in [2.75, 3.05) is 16.4 Å². The van der Waals surface area contributed by atoms with Crippen LogP contribution in [0.3, 0.4) is 0 Å². The van der Waals surface area contributed by atoms with Crippen LogP contribution in [-0.2, 0) is 26.3 Å². The molecule has 9 heteroatoms. The van der Waals surface area contributed by atoms with E-state index in [0.717, 1.165) is 11.1 Å². The number of hydrogen-bond acceptors (Lipinski definition) is 6. The molecule has 7 nitrogen and oxygen atoms in total. The van der Waals surface area contributed by atoms with E-state index in [9.17, 15) is 14.9 Å². The van der Waals surface area contributed by atoms with E-state index in [2.05, 4.69) is 6.07 Å². The molecule has 0 aliphatic carbocycles. The Kier molecular flexibility index (Phi) is 5.49. The molecule has 3 heterocycles. The Bertz CT molecular complexity index is 1670. The fraction of sp³-hybridized carbons (Fsp3) is 0.138. The summed E-state index contributed by atoms with van der Waals surface area (Å²) in [6.07, 6.45) is 0. The molecule has 3 aliphatic heterocycles. The Morgan fingerprint density at radius 3 is 2.53 bits per heavy atom. The van der Waals surface area contributed by atoms with Crippen molar-refractivity contribution in [1.29, 1.82) is 5.26 Å². The zero-order chi connectivity index (χ0) is 26.8. The van der Waals surface area contributed by atoms with Crippen LogP contribution >= 0.6 is 23.2 Å². The quantitative estimate of drug-likeness (QED) is 0.461. The van der Waals surface area contributed by atoms with E-state index in [-0.39, 0.29) is 30.1 Å². The van der Waals surface area contributed by atoms with Gasteiger partial charge >= 0.3 is 5.97 Å². The summed E-state index contributed by atoms with van der Waals surface area (Å²) in [5.74, 6) is -1.11. The number of halogens is 2. The molecule has 0 radical (unpaired) electrons. The lowest BCUT2D eigenvalue weighted by atomic mass is 9.67. The largest absolute Gasteiger partial charge is 0.456 e. The van der Waals surface area contributed by atoms with E-state index in [1.54, 1.807) is 52.3 Å². The van der Waals surface area contributed by atoms with Crippen LogP contribution in [0, 0.1) is 18.3 Å². The number of para-hydroxylation sites is 1. The van der Waals surface area contributed by atoms with Gasteiger partial charge in [-0.25, -0.2) is 4.79 Å². The topological polar surface area (TPSA) is 99.7 Å². The van der Waals surface area contributed by atoms with Crippen LogP contribution in [-0.4, -0.2) is 18.5 Å². The second-order valence-corrected chi connectivity index (χ2v) is 10.1. The lowest BCUT2D eigenvalue weighted by Crippen LogP contribution is -2.50. The molecular weight excluding hydrogens is 523 g/mol. The maximum atomic E-state index is 14.6. The fourth-order valence-electron chi connectivity index (χ4n) is 5.56. The first-order valence-electron chi connectivity index (χ1n) is 11.8. The summed E-state index contributed by atoms with van der Waals surface area (Å²) in [7, 11) is 0. The molecule has 0 bridgehead atoms. The number of amides is 1. The molecule has 188 valence electrons. The standard InChI is InChI=1S/C29H20Cl2N4O3/c1-16-10-11-18(12-22(16)31)35-24-15-38-27(36)25(24)29(20(13-32)26(35)33)19-7-3-5-9-23(19)34(28(29)37)14-17-6-2-4-8-21(17)30/h2-12H,14-15,33H2,1H3/t29-/m1/s1. The van der Waals surface area contributed by atoms with Gasteiger partial charge in [0.25, 0.3) is 0 Å². The molecule has 2 N–H and O–H groups in total. The maximum absolute atomic E-state index is 14.6. The second kappa shape index (κ2) is 8.66. The SMILES string of the molecule is Cc1ccc(N2C(N)=C(C#N)[C@@]3(C(=O)N(Cc4ccccc4Cl)c4ccccc43)C3=C2COC3=O)cc1Cl. The zero-order valence-electron chi connectivity index (χ0n) is 20.2. The number of esters is 1. The van der Waals surface area contributed by atoms with Crippen molar-refractivity contribution in [2.45, 2.75) is 18.9 Å². The highest BCUT2D eigenvalue weighted by atomic mass is 35.5. The maximum Gasteiger partial charge on any atom is 0.338 e. The van der Waals surface area contributed by atoms with Crippen LogP contribution in [0.15, 0.2) is 89.4 Å². The first-order valence-corrected chi connectivity index (χ1v) is 12.6. The molecule has 3 aromatic rings. The number of anilines is 2. The van der Waals surface area contributed by atoms with Crippen molar-refractivity contribution < 1.29 is 14.3 Å². The van der Waals surface area contributed by atoms with Gasteiger partial charge in [0.2, 0.25) is 5.91 Å². The predicted octanol–water partition coefficient (Wildman–Crippen LogP) is 5.11. The average molecular weight is 543 g/mol. The van der Waals surface area contributed by atoms with Gasteiger partial charge in [0, 0.05) is 27.0 Å². The summed E-state index contributed by atoms with van der Waals surface area (Å²) in [6, 6.07) is 21.8. The van der Waals surface area contributed by atoms with Gasteiger partial charge in [0.15, 0.2) is 0 Å². The Morgan fingerprint density at radius 1 is 1.05 bits per heavy atom. The number of nitrogens with two attached hydrogens (primary N) is 1. The molecule has 3 aliphatic rings. The Morgan fingerprint density at radius 2 is 1.79 bits per heavy atom. The van der Waals surface area contributed by atoms with Crippen molar-refractivity contribution in [3.63, 3.8) is 0 Å². The van der Waals surface area contributed by atoms with Crippen LogP contribution < -0.4 is 15.5 Å². The molecule has 3 aromatic carbocycles. The smallest absolute Gasteiger partial charge is 0.338 e. The van der Waals surface area contributed by atoms with E-state index in [0.29, 0.717) is 32.7 Å². The van der Waals surface area contributed by atoms with E-state index in [1.807, 2.05) is 31.2 Å². The number of benzene rings is 3. The van der Waals surface area contributed by atoms with Crippen molar-refractivity contribution in [1.82, 2.24) is 0 Å². The minimum absolute atomic E-state index is 0.0345. The van der Waals surface area contributed by atoms with Gasteiger partial charge in [0.05, 0.1) is 23.4 Å². The van der Waals surface area contributed by atoms with Gasteiger partial charge in [-0.1, -0.05) is 65.7 Å². The second-order valence-electron chi connectivity index (χ2n) is 9.29. The van der Waals surface area contributed by atoms with Gasteiger partial charge in [-0.15, -0.1) is 0 Å². The highest BCUT2D eigenvalue weighted by Gasteiger charge is 2.64. The summed E-state index contributed by atoms with van der Waals surface area (Å²) in [5, 5.41) is 11.5. The Hall–Kier alpha value is -4.25. The van der Waals surface area contributed by atoms with Gasteiger partial charge in [-0.3, -0.25) is 9.69 Å². The van der Waals surface area contributed by atoms with Crippen LogP contribution in [0.25, 0.3) is 0 Å². The van der Waals surface area contributed by atoms with E-state index in [1.165, 1.54) is 0 Å². The molecule has 1 spiro atoms. The monoisotopic (exact) mass is 542 g/mol. The Labute approximate surface area is 228 Å². The first-order chi connectivity index (χ1) is 18.3. The predicted molar refractivity (Wildman–Crippen MR) is 144 cm³/mol. The summed E-state index contributed by atoms with van der Waals surface area (Å²) < 4.78 is 5.50. The third-order valence-corrected chi connectivity index (χ3v) is 8.10. The van der Waals surface area contributed by atoms with Crippen LogP contribution in [0.2, 0.25) is 10.0 Å². The molecule has 38 heavy (non-hydrogen) atoms. The summed E-state index contributed by atoms with van der Waals surface area (Å²) in [5.41, 5.74) is 8.56. The van der Waals surface area contributed by atoms with Gasteiger partial charge in [0.1, 0.15) is 23.9 Å². The van der Waals surface area contributed by atoms with E-state index < -0.39 is 17.3 Å². The summed E-state index contributed by atoms with van der Waals surface area (Å²) >= 11 is 12.8. The van der Waals surface area contributed by atoms with Gasteiger partial charge in [-0.05, 0) is 42.3 Å². The van der Waals surface area contributed by atoms with E-state index in [4.69, 9.17) is 33.7 Å². The number of aryl methyl sites for hydroxylation is 1. The molecule has 1 atom stereocenters. The van der Waals surface area contributed by atoms with Crippen molar-refractivity contribution in [2.24, 2.45) is 5.73 Å². The number of fused-ring (bicyclic) bond motifs is 3. The molecule has 1 amide bonds. The van der Waals surface area contributed by atoms with Gasteiger partial charge < -0.3 is 15.4 Å². The third-order valence-electron chi connectivity index (χ3n) is 7.33. The van der Waals surface area contributed by atoms with Crippen molar-refractivity contribution in [3.05, 3.63) is 116 Å². The molecule has 0 unspecified atom stereocenters. The summed E-state index contributed by atoms with van der Waals surface area (Å²) in [6.45, 7) is 1.90. The number of carbonyl (C=O) groups is 2. The Balaban J connectivity index is 1.62. The zero-order valence-corrected chi connectivity index (χ0v) is 21.7. The van der Waals surface area contributed by atoms with Crippen LogP contribution in [0.1, 0.15) is 16.7 Å². The first kappa shape index (κ1) is 24.1. The number of hydrogen-bond donors (Lipinski definition) is 1. The lowest BCUT2D eigenvalue weighted by Gasteiger charge is -2.38. The number of ether oxygens (including phenoxy) is 1. The normalized spacial score (nSPS) is 20.2. The van der Waals surface area contributed by atoms with Crippen molar-refractivity contribution in [3.8, 4) is 6.07 Å². The molecule has 0 saturated heterocycles. The minimum Gasteiger partial charge on any atom is -0.456 e. The number of carbonyl (C=O) groups excluding carboxylic acids is 2. The number of rotatable bonds is 3. The third kappa shape index (κ3) is 3.14. The lowest BCUT2D eigenvalue weighted by molar-refractivity contribution is -0.137. The minimum atomic E-state index is -1.76. The molecular formula is C29H20Cl2N4O3. The van der Waals surface area contributed by atoms with Gasteiger partial charge in [-0.2, -0.15) is 5.26 Å². The molecule has 6 rings (SSSR count). The van der Waals surface area contributed by atoms with Crippen molar-refractivity contribution >= 4 is 46.5 Å². The number of cyclic esters (lactones) is 1. The number of nitrogens with zero attached hydrogens (tertiary/aromatic N) is 3. The summed E-state index contributed by atoms with van der Waals surface area (Å²) in [4.78, 5) is 31.1. The molecule has 0 aromatic heterocycles. The van der Waals surface area contributed by atoms with Crippen LogP contribution in [0.5, 0.6) is 0 Å². The highest BCUT2D eigenvalue weighted by molar-refractivity contribution is 6.32. The van der Waals surface area contributed by atoms with E-state index >= 15 is 0 Å². The number of nitriles is 1. The fourth-order valence-corrected chi connectivity index (χ4v) is 5.93. The molecule has 0 saturated carbocycles. The average Bonchev–Trinajstić information content (AvgIpc) is 3.40. The molecule has 0 fully saturated rings. The highest BCUT2D eigenvalue weighted by Crippen LogP contribution is 2.56.